The Balaban J connectivity index is 1.73. The van der Waals surface area contributed by atoms with Gasteiger partial charge in [-0.05, 0) is 30.5 Å². The molecule has 0 fully saturated rings. The van der Waals surface area contributed by atoms with E-state index in [-0.39, 0.29) is 0 Å². The van der Waals surface area contributed by atoms with Crippen LogP contribution in [0.15, 0.2) is 60.0 Å². The van der Waals surface area contributed by atoms with Gasteiger partial charge in [0.05, 0.1) is 5.69 Å². The molecule has 1 heterocycles. The predicted molar refractivity (Wildman–Crippen MR) is 110 cm³/mol. The molecule has 0 bridgehead atoms. The fraction of sp³-hybridized carbons (Fsp3) is 0.286. The third-order valence-electron chi connectivity index (χ3n) is 4.20. The summed E-state index contributed by atoms with van der Waals surface area (Å²) in [5, 5.41) is 4.00. The van der Waals surface area contributed by atoms with E-state index in [0.29, 0.717) is 0 Å². The first kappa shape index (κ1) is 18.0. The van der Waals surface area contributed by atoms with Crippen molar-refractivity contribution in [2.75, 3.05) is 18.0 Å². The Morgan fingerprint density at radius 2 is 1.76 bits per heavy atom. The Morgan fingerprint density at radius 1 is 1.00 bits per heavy atom. The van der Waals surface area contributed by atoms with Crippen molar-refractivity contribution in [3.63, 3.8) is 0 Å². The lowest BCUT2D eigenvalue weighted by Gasteiger charge is -2.21. The van der Waals surface area contributed by atoms with Gasteiger partial charge in [0, 0.05) is 29.1 Å². The van der Waals surface area contributed by atoms with Crippen molar-refractivity contribution in [2.24, 2.45) is 0 Å². The average Bonchev–Trinajstić information content (AvgIpc) is 3.13. The molecule has 1 aromatic heterocycles. The number of rotatable bonds is 8. The van der Waals surface area contributed by atoms with E-state index in [2.05, 4.69) is 47.5 Å². The molecule has 0 radical (unpaired) electrons. The van der Waals surface area contributed by atoms with Gasteiger partial charge in [-0.3, -0.25) is 0 Å². The van der Waals surface area contributed by atoms with Gasteiger partial charge in [-0.1, -0.05) is 67.4 Å². The maximum absolute atomic E-state index is 5.99. The molecule has 0 N–H and O–H groups in total. The van der Waals surface area contributed by atoms with Crippen LogP contribution in [0.5, 0.6) is 0 Å². The summed E-state index contributed by atoms with van der Waals surface area (Å²) in [6, 6.07) is 18.6. The van der Waals surface area contributed by atoms with Crippen LogP contribution in [-0.4, -0.2) is 18.1 Å². The maximum Gasteiger partial charge on any atom is 0.185 e. The molecule has 0 spiro atoms. The number of benzene rings is 2. The zero-order valence-electron chi connectivity index (χ0n) is 14.5. The first-order chi connectivity index (χ1) is 12.3. The normalized spacial score (nSPS) is 10.8. The van der Waals surface area contributed by atoms with Crippen LogP contribution in [0, 0.1) is 0 Å². The molecule has 0 aliphatic carbocycles. The monoisotopic (exact) mass is 370 g/mol. The Labute approximate surface area is 159 Å². The number of nitrogens with zero attached hydrogens (tertiary/aromatic N) is 2. The van der Waals surface area contributed by atoms with Crippen LogP contribution < -0.4 is 4.90 Å². The van der Waals surface area contributed by atoms with E-state index in [4.69, 9.17) is 16.6 Å². The molecular formula is C21H23ClN2S. The van der Waals surface area contributed by atoms with Crippen molar-refractivity contribution in [1.82, 2.24) is 4.98 Å². The summed E-state index contributed by atoms with van der Waals surface area (Å²) in [7, 11) is 0. The fourth-order valence-corrected chi connectivity index (χ4v) is 3.74. The minimum Gasteiger partial charge on any atom is -0.348 e. The summed E-state index contributed by atoms with van der Waals surface area (Å²) in [5.74, 6) is 0. The molecule has 0 atom stereocenters. The SMILES string of the molecule is CCCCN(CCc1ccccc1)c1nc(-c2ccc(Cl)cc2)cs1. The van der Waals surface area contributed by atoms with Gasteiger partial charge in [0.2, 0.25) is 0 Å². The fourth-order valence-electron chi connectivity index (χ4n) is 2.72. The van der Waals surface area contributed by atoms with Crippen molar-refractivity contribution < 1.29 is 0 Å². The van der Waals surface area contributed by atoms with Crippen LogP contribution in [0.4, 0.5) is 5.13 Å². The van der Waals surface area contributed by atoms with Crippen LogP contribution in [0.1, 0.15) is 25.3 Å². The number of hydrogen-bond acceptors (Lipinski definition) is 3. The first-order valence-electron chi connectivity index (χ1n) is 8.76. The number of halogens is 1. The Hall–Kier alpha value is -1.84. The smallest absolute Gasteiger partial charge is 0.185 e. The van der Waals surface area contributed by atoms with Gasteiger partial charge in [0.15, 0.2) is 5.13 Å². The van der Waals surface area contributed by atoms with Gasteiger partial charge in [-0.25, -0.2) is 4.98 Å². The summed E-state index contributed by atoms with van der Waals surface area (Å²) < 4.78 is 0. The van der Waals surface area contributed by atoms with Crippen molar-refractivity contribution in [2.45, 2.75) is 26.2 Å². The molecule has 0 unspecified atom stereocenters. The van der Waals surface area contributed by atoms with E-state index in [9.17, 15) is 0 Å². The molecule has 4 heteroatoms. The van der Waals surface area contributed by atoms with Crippen LogP contribution >= 0.6 is 22.9 Å². The van der Waals surface area contributed by atoms with Gasteiger partial charge in [-0.15, -0.1) is 11.3 Å². The van der Waals surface area contributed by atoms with Crippen molar-refractivity contribution in [3.8, 4) is 11.3 Å². The summed E-state index contributed by atoms with van der Waals surface area (Å²) >= 11 is 7.71. The lowest BCUT2D eigenvalue weighted by atomic mass is 10.1. The van der Waals surface area contributed by atoms with Crippen molar-refractivity contribution >= 4 is 28.1 Å². The second-order valence-electron chi connectivity index (χ2n) is 6.10. The average molecular weight is 371 g/mol. The summed E-state index contributed by atoms with van der Waals surface area (Å²) in [6.45, 7) is 4.28. The van der Waals surface area contributed by atoms with Crippen LogP contribution in [0.2, 0.25) is 5.02 Å². The maximum atomic E-state index is 5.99. The minimum absolute atomic E-state index is 0.756. The first-order valence-corrected chi connectivity index (χ1v) is 10.0. The Morgan fingerprint density at radius 3 is 2.48 bits per heavy atom. The lowest BCUT2D eigenvalue weighted by molar-refractivity contribution is 0.709. The van der Waals surface area contributed by atoms with Gasteiger partial charge in [0.1, 0.15) is 0 Å². The van der Waals surface area contributed by atoms with E-state index in [1.54, 1.807) is 11.3 Å². The van der Waals surface area contributed by atoms with Crippen LogP contribution in [0.3, 0.4) is 0 Å². The Kier molecular flexibility index (Phi) is 6.48. The molecule has 3 rings (SSSR count). The van der Waals surface area contributed by atoms with Gasteiger partial charge < -0.3 is 4.90 Å². The highest BCUT2D eigenvalue weighted by Gasteiger charge is 2.12. The summed E-state index contributed by atoms with van der Waals surface area (Å²) in [4.78, 5) is 7.29. The molecule has 2 nitrogen and oxygen atoms in total. The lowest BCUT2D eigenvalue weighted by Crippen LogP contribution is -2.26. The molecule has 3 aromatic rings. The Bertz CT molecular complexity index is 768. The molecule has 25 heavy (non-hydrogen) atoms. The molecule has 0 aliphatic rings. The number of thiazole rings is 1. The van der Waals surface area contributed by atoms with E-state index >= 15 is 0 Å². The predicted octanol–water partition coefficient (Wildman–Crippen LogP) is 6.31. The summed E-state index contributed by atoms with van der Waals surface area (Å²) in [5.41, 5.74) is 3.52. The molecule has 0 amide bonds. The zero-order chi connectivity index (χ0) is 17.5. The highest BCUT2D eigenvalue weighted by Crippen LogP contribution is 2.28. The zero-order valence-corrected chi connectivity index (χ0v) is 16.1. The number of aromatic nitrogens is 1. The van der Waals surface area contributed by atoms with E-state index < -0.39 is 0 Å². The molecule has 0 aliphatic heterocycles. The number of hydrogen-bond donors (Lipinski definition) is 0. The minimum atomic E-state index is 0.756. The van der Waals surface area contributed by atoms with Gasteiger partial charge >= 0.3 is 0 Å². The highest BCUT2D eigenvalue weighted by molar-refractivity contribution is 7.14. The molecule has 0 saturated carbocycles. The third-order valence-corrected chi connectivity index (χ3v) is 5.35. The quantitative estimate of drug-likeness (QED) is 0.461. The second kappa shape index (κ2) is 9.02. The number of anilines is 1. The van der Waals surface area contributed by atoms with Gasteiger partial charge in [-0.2, -0.15) is 0 Å². The van der Waals surface area contributed by atoms with Gasteiger partial charge in [0.25, 0.3) is 0 Å². The largest absolute Gasteiger partial charge is 0.348 e. The third kappa shape index (κ3) is 5.07. The molecular weight excluding hydrogens is 348 g/mol. The second-order valence-corrected chi connectivity index (χ2v) is 7.37. The van der Waals surface area contributed by atoms with E-state index in [0.717, 1.165) is 40.9 Å². The standard InChI is InChI=1S/C21H23ClN2S/c1-2-3-14-24(15-13-17-7-5-4-6-8-17)21-23-20(16-25-21)18-9-11-19(22)12-10-18/h4-12,16H,2-3,13-15H2,1H3. The van der Waals surface area contributed by atoms with Crippen LogP contribution in [-0.2, 0) is 6.42 Å². The van der Waals surface area contributed by atoms with Crippen molar-refractivity contribution in [1.29, 1.82) is 0 Å². The van der Waals surface area contributed by atoms with E-state index in [1.807, 2.05) is 24.3 Å². The van der Waals surface area contributed by atoms with E-state index in [1.165, 1.54) is 18.4 Å². The van der Waals surface area contributed by atoms with Crippen molar-refractivity contribution in [3.05, 3.63) is 70.6 Å². The number of unbranched alkanes of at least 4 members (excludes halogenated alkanes) is 1. The van der Waals surface area contributed by atoms with Crippen LogP contribution in [0.25, 0.3) is 11.3 Å². The topological polar surface area (TPSA) is 16.1 Å². The highest BCUT2D eigenvalue weighted by atomic mass is 35.5. The molecule has 0 saturated heterocycles. The molecule has 2 aromatic carbocycles. The molecule has 130 valence electrons. The summed E-state index contributed by atoms with van der Waals surface area (Å²) in [6.07, 6.45) is 3.42.